The zero-order chi connectivity index (χ0) is 15.4. The Kier molecular flexibility index (Phi) is 4.57. The van der Waals surface area contributed by atoms with Gasteiger partial charge in [-0.1, -0.05) is 0 Å². The average molecular weight is 299 g/mol. The summed E-state index contributed by atoms with van der Waals surface area (Å²) in [5.74, 6) is 1.74. The number of aromatic nitrogens is 3. The van der Waals surface area contributed by atoms with Crippen LogP contribution in [0.1, 0.15) is 50.4 Å². The smallest absolute Gasteiger partial charge is 0.111 e. The van der Waals surface area contributed by atoms with Crippen molar-refractivity contribution in [3.05, 3.63) is 48.3 Å². The monoisotopic (exact) mass is 299 g/mol. The molecule has 0 spiro atoms. The van der Waals surface area contributed by atoms with Gasteiger partial charge in [-0.2, -0.15) is 0 Å². The second kappa shape index (κ2) is 6.61. The van der Waals surface area contributed by atoms with Crippen molar-refractivity contribution in [1.82, 2.24) is 14.5 Å². The molecule has 0 aliphatic carbocycles. The van der Waals surface area contributed by atoms with E-state index in [0.717, 1.165) is 38.8 Å². The van der Waals surface area contributed by atoms with Crippen LogP contribution in [0, 0.1) is 0 Å². The highest BCUT2D eigenvalue weighted by atomic mass is 16.5. The fourth-order valence-electron chi connectivity index (χ4n) is 3.32. The Bertz CT molecular complexity index is 591. The number of nitrogens with zero attached hydrogens (tertiary/aromatic N) is 3. The molecule has 118 valence electrons. The Morgan fingerprint density at radius 2 is 2.09 bits per heavy atom. The summed E-state index contributed by atoms with van der Waals surface area (Å²) in [6.07, 6.45) is 12.1. The third-order valence-corrected chi connectivity index (χ3v) is 4.42. The normalized spacial score (nSPS) is 20.9. The van der Waals surface area contributed by atoms with Gasteiger partial charge in [0.05, 0.1) is 5.60 Å². The molecule has 0 unspecified atom stereocenters. The SMILES string of the molecule is CC1(C)C[C@H](c2nccn2CCCc2ccncc2)CCO1. The number of rotatable bonds is 5. The van der Waals surface area contributed by atoms with Gasteiger partial charge in [-0.15, -0.1) is 0 Å². The lowest BCUT2D eigenvalue weighted by atomic mass is 9.88. The van der Waals surface area contributed by atoms with Crippen molar-refractivity contribution >= 4 is 0 Å². The number of pyridine rings is 1. The highest BCUT2D eigenvalue weighted by molar-refractivity contribution is 5.10. The van der Waals surface area contributed by atoms with E-state index in [1.807, 2.05) is 18.6 Å². The molecule has 2 aromatic rings. The molecule has 4 heteroatoms. The standard InChI is InChI=1S/C18H25N3O/c1-18(2)14-16(7-13-22-18)17-20-10-12-21(17)11-3-4-15-5-8-19-9-6-15/h5-6,8-10,12,16H,3-4,7,11,13-14H2,1-2H3/t16-/m1/s1. The van der Waals surface area contributed by atoms with Crippen molar-refractivity contribution in [3.8, 4) is 0 Å². The van der Waals surface area contributed by atoms with Crippen molar-refractivity contribution in [2.24, 2.45) is 0 Å². The van der Waals surface area contributed by atoms with E-state index in [2.05, 4.69) is 46.7 Å². The van der Waals surface area contributed by atoms with E-state index in [-0.39, 0.29) is 5.60 Å². The molecule has 1 aliphatic heterocycles. The average Bonchev–Trinajstić information content (AvgIpc) is 2.96. The van der Waals surface area contributed by atoms with Crippen LogP contribution in [0.2, 0.25) is 0 Å². The maximum Gasteiger partial charge on any atom is 0.111 e. The van der Waals surface area contributed by atoms with Gasteiger partial charge in [0.1, 0.15) is 5.82 Å². The topological polar surface area (TPSA) is 39.9 Å². The third-order valence-electron chi connectivity index (χ3n) is 4.42. The van der Waals surface area contributed by atoms with E-state index >= 15 is 0 Å². The first-order valence-corrected chi connectivity index (χ1v) is 8.18. The van der Waals surface area contributed by atoms with Crippen LogP contribution in [0.4, 0.5) is 0 Å². The molecule has 1 aliphatic rings. The first-order chi connectivity index (χ1) is 10.6. The van der Waals surface area contributed by atoms with Crippen molar-refractivity contribution in [2.75, 3.05) is 6.61 Å². The quantitative estimate of drug-likeness (QED) is 0.847. The van der Waals surface area contributed by atoms with E-state index in [1.54, 1.807) is 0 Å². The first-order valence-electron chi connectivity index (χ1n) is 8.18. The van der Waals surface area contributed by atoms with Crippen LogP contribution in [0.15, 0.2) is 36.9 Å². The van der Waals surface area contributed by atoms with Crippen LogP contribution in [-0.4, -0.2) is 26.7 Å². The third kappa shape index (κ3) is 3.74. The van der Waals surface area contributed by atoms with Crippen molar-refractivity contribution in [3.63, 3.8) is 0 Å². The highest BCUT2D eigenvalue weighted by Crippen LogP contribution is 2.34. The molecular weight excluding hydrogens is 274 g/mol. The maximum atomic E-state index is 5.83. The van der Waals surface area contributed by atoms with E-state index in [9.17, 15) is 0 Å². The van der Waals surface area contributed by atoms with E-state index in [0.29, 0.717) is 5.92 Å². The predicted molar refractivity (Wildman–Crippen MR) is 86.8 cm³/mol. The summed E-state index contributed by atoms with van der Waals surface area (Å²) in [5, 5.41) is 0. The maximum absolute atomic E-state index is 5.83. The second-order valence-corrected chi connectivity index (χ2v) is 6.74. The first kappa shape index (κ1) is 15.2. The fraction of sp³-hybridized carbons (Fsp3) is 0.556. The molecule has 3 rings (SSSR count). The van der Waals surface area contributed by atoms with Gasteiger partial charge in [0.2, 0.25) is 0 Å². The number of hydrogen-bond donors (Lipinski definition) is 0. The van der Waals surface area contributed by atoms with Gasteiger partial charge < -0.3 is 9.30 Å². The lowest BCUT2D eigenvalue weighted by molar-refractivity contribution is -0.0606. The van der Waals surface area contributed by atoms with Gasteiger partial charge in [0.15, 0.2) is 0 Å². The zero-order valence-electron chi connectivity index (χ0n) is 13.5. The number of imidazole rings is 1. The molecule has 22 heavy (non-hydrogen) atoms. The molecule has 1 saturated heterocycles. The van der Waals surface area contributed by atoms with Gasteiger partial charge in [-0.05, 0) is 57.2 Å². The summed E-state index contributed by atoms with van der Waals surface area (Å²) in [6, 6.07) is 4.19. The Hall–Kier alpha value is -1.68. The Morgan fingerprint density at radius 1 is 1.27 bits per heavy atom. The molecule has 0 saturated carbocycles. The van der Waals surface area contributed by atoms with Gasteiger partial charge in [0.25, 0.3) is 0 Å². The van der Waals surface area contributed by atoms with Crippen LogP contribution < -0.4 is 0 Å². The van der Waals surface area contributed by atoms with Gasteiger partial charge in [0, 0.05) is 43.9 Å². The number of hydrogen-bond acceptors (Lipinski definition) is 3. The van der Waals surface area contributed by atoms with Crippen molar-refractivity contribution in [1.29, 1.82) is 0 Å². The minimum atomic E-state index is -0.0310. The summed E-state index contributed by atoms with van der Waals surface area (Å²) in [6.45, 7) is 6.21. The zero-order valence-corrected chi connectivity index (χ0v) is 13.5. The molecule has 0 amide bonds. The van der Waals surface area contributed by atoms with Crippen LogP contribution in [0.25, 0.3) is 0 Å². The molecule has 1 fully saturated rings. The molecule has 1 atom stereocenters. The van der Waals surface area contributed by atoms with Crippen LogP contribution >= 0.6 is 0 Å². The highest BCUT2D eigenvalue weighted by Gasteiger charge is 2.31. The molecule has 0 aromatic carbocycles. The summed E-state index contributed by atoms with van der Waals surface area (Å²) in [4.78, 5) is 8.69. The largest absolute Gasteiger partial charge is 0.376 e. The number of ether oxygens (including phenoxy) is 1. The van der Waals surface area contributed by atoms with Crippen LogP contribution in [0.3, 0.4) is 0 Å². The minimum absolute atomic E-state index is 0.0310. The molecular formula is C18H25N3O. The van der Waals surface area contributed by atoms with Crippen LogP contribution in [-0.2, 0) is 17.7 Å². The lowest BCUT2D eigenvalue weighted by Crippen LogP contribution is -2.34. The van der Waals surface area contributed by atoms with Crippen LogP contribution in [0.5, 0.6) is 0 Å². The predicted octanol–water partition coefficient (Wildman–Crippen LogP) is 3.58. The van der Waals surface area contributed by atoms with Crippen molar-refractivity contribution < 1.29 is 4.74 Å². The van der Waals surface area contributed by atoms with Crippen molar-refractivity contribution in [2.45, 2.75) is 57.6 Å². The summed E-state index contributed by atoms with van der Waals surface area (Å²) >= 11 is 0. The second-order valence-electron chi connectivity index (χ2n) is 6.74. The Labute approximate surface area is 132 Å². The number of aryl methyl sites for hydroxylation is 2. The Balaban J connectivity index is 1.60. The summed E-state index contributed by atoms with van der Waals surface area (Å²) < 4.78 is 8.16. The molecule has 0 radical (unpaired) electrons. The van der Waals surface area contributed by atoms with E-state index < -0.39 is 0 Å². The lowest BCUT2D eigenvalue weighted by Gasteiger charge is -2.35. The molecule has 0 bridgehead atoms. The minimum Gasteiger partial charge on any atom is -0.376 e. The van der Waals surface area contributed by atoms with Gasteiger partial charge in [-0.3, -0.25) is 4.98 Å². The van der Waals surface area contributed by atoms with E-state index in [4.69, 9.17) is 4.74 Å². The Morgan fingerprint density at radius 3 is 2.86 bits per heavy atom. The summed E-state index contributed by atoms with van der Waals surface area (Å²) in [7, 11) is 0. The fourth-order valence-corrected chi connectivity index (χ4v) is 3.32. The molecule has 0 N–H and O–H groups in total. The summed E-state index contributed by atoms with van der Waals surface area (Å²) in [5.41, 5.74) is 1.32. The molecule has 4 nitrogen and oxygen atoms in total. The van der Waals surface area contributed by atoms with Gasteiger partial charge >= 0.3 is 0 Å². The molecule has 2 aromatic heterocycles. The van der Waals surface area contributed by atoms with E-state index in [1.165, 1.54) is 11.4 Å². The molecule has 3 heterocycles. The van der Waals surface area contributed by atoms with Gasteiger partial charge in [-0.25, -0.2) is 4.98 Å².